The lowest BCUT2D eigenvalue weighted by atomic mass is 10.0. The molecule has 0 saturated carbocycles. The van der Waals surface area contributed by atoms with Gasteiger partial charge in [-0.2, -0.15) is 5.10 Å². The molecule has 0 aliphatic carbocycles. The van der Waals surface area contributed by atoms with Crippen molar-refractivity contribution in [2.75, 3.05) is 19.0 Å². The van der Waals surface area contributed by atoms with Gasteiger partial charge in [-0.15, -0.1) is 0 Å². The summed E-state index contributed by atoms with van der Waals surface area (Å²) in [5.74, 6) is 0.555. The minimum atomic E-state index is -0.104. The average Bonchev–Trinajstić information content (AvgIpc) is 3.19. The van der Waals surface area contributed by atoms with Gasteiger partial charge in [0.05, 0.1) is 12.6 Å². The van der Waals surface area contributed by atoms with Crippen molar-refractivity contribution in [1.82, 2.24) is 20.1 Å². The van der Waals surface area contributed by atoms with Crippen LogP contribution in [0.5, 0.6) is 5.88 Å². The van der Waals surface area contributed by atoms with Gasteiger partial charge in [0.25, 0.3) is 0 Å². The van der Waals surface area contributed by atoms with Crippen LogP contribution < -0.4 is 10.1 Å². The van der Waals surface area contributed by atoms with E-state index in [0.29, 0.717) is 24.0 Å². The lowest BCUT2D eigenvalue weighted by Crippen LogP contribution is -2.39. The zero-order valence-electron chi connectivity index (χ0n) is 16.9. The zero-order chi connectivity index (χ0) is 21.4. The second-order valence-electron chi connectivity index (χ2n) is 7.45. The van der Waals surface area contributed by atoms with Crippen LogP contribution in [0.1, 0.15) is 11.1 Å². The number of ether oxygens (including phenoxy) is 1. The summed E-state index contributed by atoms with van der Waals surface area (Å²) < 4.78 is 5.14. The van der Waals surface area contributed by atoms with Crippen molar-refractivity contribution in [2.45, 2.75) is 13.0 Å². The number of nitrogens with zero attached hydrogens (tertiary/aromatic N) is 3. The first-order valence-corrected chi connectivity index (χ1v) is 10.3. The Morgan fingerprint density at radius 2 is 2.10 bits per heavy atom. The fraction of sp³-hybridized carbons (Fsp3) is 0.174. The van der Waals surface area contributed by atoms with E-state index in [4.69, 9.17) is 16.3 Å². The number of anilines is 1. The number of hydrogen-bond acceptors (Lipinski definition) is 4. The highest BCUT2D eigenvalue weighted by Gasteiger charge is 2.24. The van der Waals surface area contributed by atoms with Gasteiger partial charge in [-0.3, -0.25) is 5.10 Å². The Kier molecular flexibility index (Phi) is 4.95. The van der Waals surface area contributed by atoms with E-state index in [1.165, 1.54) is 0 Å². The molecule has 2 amide bonds. The third kappa shape index (κ3) is 3.80. The fourth-order valence-electron chi connectivity index (χ4n) is 3.83. The molecule has 0 unspecified atom stereocenters. The number of pyridine rings is 1. The maximum Gasteiger partial charge on any atom is 0.322 e. The Hall–Kier alpha value is -3.58. The number of aromatic amines is 1. The van der Waals surface area contributed by atoms with Crippen molar-refractivity contribution in [3.8, 4) is 17.1 Å². The summed E-state index contributed by atoms with van der Waals surface area (Å²) in [5.41, 5.74) is 5.52. The molecule has 1 aliphatic rings. The number of nitrogens with one attached hydrogen (secondary N) is 2. The predicted octanol–water partition coefficient (Wildman–Crippen LogP) is 4.88. The van der Waals surface area contributed by atoms with E-state index in [1.807, 2.05) is 47.4 Å². The molecule has 0 radical (unpaired) electrons. The minimum absolute atomic E-state index is 0.104. The molecule has 8 heteroatoms. The Bertz CT molecular complexity index is 1270. The second-order valence-corrected chi connectivity index (χ2v) is 7.88. The molecule has 2 N–H and O–H groups in total. The maximum atomic E-state index is 12.6. The van der Waals surface area contributed by atoms with Crippen molar-refractivity contribution < 1.29 is 9.53 Å². The Labute approximate surface area is 184 Å². The first-order chi connectivity index (χ1) is 15.1. The lowest BCUT2D eigenvalue weighted by Gasteiger charge is -2.29. The number of amides is 2. The summed E-state index contributed by atoms with van der Waals surface area (Å²) in [6.07, 6.45) is 2.48. The number of halogens is 1. The molecule has 0 atom stereocenters. The van der Waals surface area contributed by atoms with Crippen molar-refractivity contribution in [3.05, 3.63) is 70.9 Å². The second kappa shape index (κ2) is 7.92. The Morgan fingerprint density at radius 1 is 1.19 bits per heavy atom. The first-order valence-electron chi connectivity index (χ1n) is 9.92. The van der Waals surface area contributed by atoms with Crippen molar-refractivity contribution in [1.29, 1.82) is 0 Å². The quantitative estimate of drug-likeness (QED) is 0.470. The predicted molar refractivity (Wildman–Crippen MR) is 120 cm³/mol. The van der Waals surface area contributed by atoms with Crippen molar-refractivity contribution in [3.63, 3.8) is 0 Å². The molecule has 1 aliphatic heterocycles. The van der Waals surface area contributed by atoms with E-state index in [-0.39, 0.29) is 6.03 Å². The monoisotopic (exact) mass is 433 g/mol. The lowest BCUT2D eigenvalue weighted by molar-refractivity contribution is 0.207. The van der Waals surface area contributed by atoms with Crippen LogP contribution in [0.4, 0.5) is 10.5 Å². The SMILES string of the molecule is COc1ccc(-c2n[nH]c3cc4c(cc23)CN(CCc2cccc(Cl)c2)C(=O)N4)cn1. The number of carbonyl (C=O) groups is 1. The maximum absolute atomic E-state index is 12.6. The first kappa shape index (κ1) is 19.4. The topological polar surface area (TPSA) is 83.1 Å². The summed E-state index contributed by atoms with van der Waals surface area (Å²) in [6.45, 7) is 1.13. The van der Waals surface area contributed by atoms with E-state index in [1.54, 1.807) is 13.3 Å². The number of methoxy groups -OCH3 is 1. The molecule has 0 spiro atoms. The molecule has 2 aromatic carbocycles. The van der Waals surface area contributed by atoms with Gasteiger partial charge in [-0.1, -0.05) is 23.7 Å². The molecule has 0 bridgehead atoms. The van der Waals surface area contributed by atoms with Gasteiger partial charge in [0.2, 0.25) is 5.88 Å². The zero-order valence-corrected chi connectivity index (χ0v) is 17.6. The largest absolute Gasteiger partial charge is 0.481 e. The summed E-state index contributed by atoms with van der Waals surface area (Å²) in [5, 5.41) is 12.2. The molecule has 0 saturated heterocycles. The number of carbonyl (C=O) groups excluding carboxylic acids is 1. The van der Waals surface area contributed by atoms with Crippen LogP contribution in [0.2, 0.25) is 5.02 Å². The summed E-state index contributed by atoms with van der Waals surface area (Å²) in [6, 6.07) is 15.4. The number of fused-ring (bicyclic) bond motifs is 2. The van der Waals surface area contributed by atoms with Gasteiger partial charge < -0.3 is 15.0 Å². The summed E-state index contributed by atoms with van der Waals surface area (Å²) in [7, 11) is 1.59. The van der Waals surface area contributed by atoms with Crippen molar-refractivity contribution in [2.24, 2.45) is 0 Å². The van der Waals surface area contributed by atoms with Crippen molar-refractivity contribution >= 4 is 34.2 Å². The molecule has 2 aromatic heterocycles. The van der Waals surface area contributed by atoms with Gasteiger partial charge >= 0.3 is 6.03 Å². The van der Waals surface area contributed by atoms with E-state index >= 15 is 0 Å². The van der Waals surface area contributed by atoms with E-state index in [0.717, 1.165) is 45.4 Å². The van der Waals surface area contributed by atoms with Crippen LogP contribution in [0.3, 0.4) is 0 Å². The number of H-pyrrole nitrogens is 1. The summed E-state index contributed by atoms with van der Waals surface area (Å²) in [4.78, 5) is 18.7. The number of urea groups is 1. The van der Waals surface area contributed by atoms with E-state index < -0.39 is 0 Å². The average molecular weight is 434 g/mol. The van der Waals surface area contributed by atoms with Gasteiger partial charge in [-0.25, -0.2) is 9.78 Å². The standard InChI is InChI=1S/C23H20ClN5O2/c1-31-21-6-5-15(12-25-21)22-18-10-16-13-29(8-7-14-3-2-4-17(24)9-14)23(30)26-19(16)11-20(18)27-28-22/h2-6,9-12H,7-8,13H2,1H3,(H,26,30)(H,27,28). The van der Waals surface area contributed by atoms with Crippen LogP contribution in [0, 0.1) is 0 Å². The number of hydrogen-bond donors (Lipinski definition) is 2. The molecule has 7 nitrogen and oxygen atoms in total. The van der Waals surface area contributed by atoms with Gasteiger partial charge in [0.15, 0.2) is 0 Å². The van der Waals surface area contributed by atoms with Crippen LogP contribution >= 0.6 is 11.6 Å². The molecule has 156 valence electrons. The van der Waals surface area contributed by atoms with Gasteiger partial charge in [0.1, 0.15) is 5.69 Å². The molecule has 4 aromatic rings. The molecule has 3 heterocycles. The van der Waals surface area contributed by atoms with Crippen LogP contribution in [-0.4, -0.2) is 39.8 Å². The highest BCUT2D eigenvalue weighted by Crippen LogP contribution is 2.33. The smallest absolute Gasteiger partial charge is 0.322 e. The Morgan fingerprint density at radius 3 is 2.87 bits per heavy atom. The minimum Gasteiger partial charge on any atom is -0.481 e. The van der Waals surface area contributed by atoms with Crippen LogP contribution in [0.25, 0.3) is 22.2 Å². The highest BCUT2D eigenvalue weighted by atomic mass is 35.5. The van der Waals surface area contributed by atoms with Gasteiger partial charge in [0, 0.05) is 47.0 Å². The van der Waals surface area contributed by atoms with E-state index in [9.17, 15) is 4.79 Å². The third-order valence-electron chi connectivity index (χ3n) is 5.46. The number of rotatable bonds is 5. The number of aromatic nitrogens is 3. The molecule has 0 fully saturated rings. The fourth-order valence-corrected chi connectivity index (χ4v) is 4.04. The van der Waals surface area contributed by atoms with Crippen LogP contribution in [0.15, 0.2) is 54.7 Å². The van der Waals surface area contributed by atoms with Gasteiger partial charge in [-0.05, 0) is 47.9 Å². The molecular formula is C23H20ClN5O2. The summed E-state index contributed by atoms with van der Waals surface area (Å²) >= 11 is 6.08. The van der Waals surface area contributed by atoms with E-state index in [2.05, 4.69) is 26.6 Å². The molecule has 31 heavy (non-hydrogen) atoms. The molecule has 5 rings (SSSR count). The Balaban J connectivity index is 1.41. The highest BCUT2D eigenvalue weighted by molar-refractivity contribution is 6.30. The molecular weight excluding hydrogens is 414 g/mol. The number of benzene rings is 2. The third-order valence-corrected chi connectivity index (χ3v) is 5.69. The normalized spacial score (nSPS) is 13.2. The van der Waals surface area contributed by atoms with Crippen LogP contribution in [-0.2, 0) is 13.0 Å².